The molecular formula is C22H29N3O2. The average molecular weight is 367 g/mol. The van der Waals surface area contributed by atoms with Gasteiger partial charge in [-0.15, -0.1) is 0 Å². The van der Waals surface area contributed by atoms with Crippen LogP contribution >= 0.6 is 0 Å². The number of carbonyl (C=O) groups is 2. The summed E-state index contributed by atoms with van der Waals surface area (Å²) in [5, 5.41) is 2.89. The number of benzene rings is 2. The van der Waals surface area contributed by atoms with Crippen molar-refractivity contribution in [3.8, 4) is 0 Å². The smallest absolute Gasteiger partial charge is 0.243 e. The normalized spacial score (nSPS) is 11.9. The monoisotopic (exact) mass is 367 g/mol. The SMILES string of the molecule is Cc1ccc(C)c(NC(=O)CN(C)C(=O)CN(C)C(C)c2ccccc2)c1. The van der Waals surface area contributed by atoms with Crippen molar-refractivity contribution in [2.75, 3.05) is 32.5 Å². The molecule has 0 heterocycles. The summed E-state index contributed by atoms with van der Waals surface area (Å²) >= 11 is 0. The summed E-state index contributed by atoms with van der Waals surface area (Å²) in [5.41, 5.74) is 4.02. The van der Waals surface area contributed by atoms with Crippen molar-refractivity contribution in [1.82, 2.24) is 9.80 Å². The first-order valence-corrected chi connectivity index (χ1v) is 9.14. The zero-order valence-electron chi connectivity index (χ0n) is 16.8. The molecule has 2 aromatic carbocycles. The first kappa shape index (κ1) is 20.6. The van der Waals surface area contributed by atoms with Gasteiger partial charge in [-0.3, -0.25) is 14.5 Å². The van der Waals surface area contributed by atoms with Gasteiger partial charge < -0.3 is 10.2 Å². The van der Waals surface area contributed by atoms with Gasteiger partial charge in [-0.05, 0) is 50.6 Å². The highest BCUT2D eigenvalue weighted by Crippen LogP contribution is 2.18. The van der Waals surface area contributed by atoms with Crippen LogP contribution in [0.4, 0.5) is 5.69 Å². The lowest BCUT2D eigenvalue weighted by atomic mass is 10.1. The van der Waals surface area contributed by atoms with Crippen molar-refractivity contribution >= 4 is 17.5 Å². The highest BCUT2D eigenvalue weighted by atomic mass is 16.2. The van der Waals surface area contributed by atoms with Gasteiger partial charge in [0.2, 0.25) is 11.8 Å². The molecule has 0 bridgehead atoms. The van der Waals surface area contributed by atoms with E-state index in [1.807, 2.05) is 74.3 Å². The summed E-state index contributed by atoms with van der Waals surface area (Å²) in [6.07, 6.45) is 0. The highest BCUT2D eigenvalue weighted by molar-refractivity contribution is 5.95. The summed E-state index contributed by atoms with van der Waals surface area (Å²) in [6.45, 7) is 6.28. The first-order valence-electron chi connectivity index (χ1n) is 9.14. The van der Waals surface area contributed by atoms with Crippen molar-refractivity contribution in [1.29, 1.82) is 0 Å². The first-order chi connectivity index (χ1) is 12.8. The number of aryl methyl sites for hydroxylation is 2. The molecule has 2 amide bonds. The maximum Gasteiger partial charge on any atom is 0.243 e. The molecule has 2 aromatic rings. The number of hydrogen-bond donors (Lipinski definition) is 1. The standard InChI is InChI=1S/C22H29N3O2/c1-16-11-12-17(2)20(13-16)23-21(26)14-25(5)22(27)15-24(4)18(3)19-9-7-6-8-10-19/h6-13,18H,14-15H2,1-5H3,(H,23,26). The van der Waals surface area contributed by atoms with E-state index in [-0.39, 0.29) is 30.9 Å². The lowest BCUT2D eigenvalue weighted by molar-refractivity contribution is -0.134. The topological polar surface area (TPSA) is 52.7 Å². The van der Waals surface area contributed by atoms with E-state index in [0.29, 0.717) is 0 Å². The van der Waals surface area contributed by atoms with Gasteiger partial charge in [0, 0.05) is 18.8 Å². The Morgan fingerprint density at radius 3 is 2.33 bits per heavy atom. The molecule has 1 N–H and O–H groups in total. The molecule has 0 aliphatic rings. The lowest BCUT2D eigenvalue weighted by Crippen LogP contribution is -2.41. The Kier molecular flexibility index (Phi) is 7.13. The number of likely N-dealkylation sites (N-methyl/N-ethyl adjacent to an activating group) is 2. The van der Waals surface area contributed by atoms with E-state index in [0.717, 1.165) is 22.4 Å². The molecule has 0 aliphatic heterocycles. The van der Waals surface area contributed by atoms with Crippen molar-refractivity contribution in [2.45, 2.75) is 26.8 Å². The van der Waals surface area contributed by atoms with Crippen LogP contribution in [0, 0.1) is 13.8 Å². The van der Waals surface area contributed by atoms with E-state index in [1.54, 1.807) is 7.05 Å². The molecule has 5 nitrogen and oxygen atoms in total. The predicted octanol–water partition coefficient (Wildman–Crippen LogP) is 3.39. The van der Waals surface area contributed by atoms with Gasteiger partial charge >= 0.3 is 0 Å². The third-order valence-electron chi connectivity index (χ3n) is 4.80. The van der Waals surface area contributed by atoms with Crippen molar-refractivity contribution < 1.29 is 9.59 Å². The van der Waals surface area contributed by atoms with Crippen LogP contribution in [0.3, 0.4) is 0 Å². The zero-order valence-corrected chi connectivity index (χ0v) is 16.8. The Labute approximate surface area is 162 Å². The van der Waals surface area contributed by atoms with Crippen molar-refractivity contribution in [3.05, 3.63) is 65.2 Å². The molecule has 5 heteroatoms. The number of hydrogen-bond acceptors (Lipinski definition) is 3. The van der Waals surface area contributed by atoms with Crippen LogP contribution in [-0.2, 0) is 9.59 Å². The molecule has 0 fully saturated rings. The van der Waals surface area contributed by atoms with E-state index in [4.69, 9.17) is 0 Å². The predicted molar refractivity (Wildman–Crippen MR) is 110 cm³/mol. The molecule has 144 valence electrons. The number of carbonyl (C=O) groups excluding carboxylic acids is 2. The number of amides is 2. The van der Waals surface area contributed by atoms with E-state index in [9.17, 15) is 9.59 Å². The fraction of sp³-hybridized carbons (Fsp3) is 0.364. The summed E-state index contributed by atoms with van der Waals surface area (Å²) in [5.74, 6) is -0.283. The molecule has 0 radical (unpaired) electrons. The molecular weight excluding hydrogens is 338 g/mol. The number of rotatable bonds is 7. The second-order valence-corrected chi connectivity index (χ2v) is 7.12. The van der Waals surface area contributed by atoms with E-state index in [2.05, 4.69) is 12.2 Å². The van der Waals surface area contributed by atoms with Crippen LogP contribution < -0.4 is 5.32 Å². The maximum atomic E-state index is 12.5. The molecule has 0 spiro atoms. The van der Waals surface area contributed by atoms with Gasteiger partial charge in [0.05, 0.1) is 13.1 Å². The summed E-state index contributed by atoms with van der Waals surface area (Å²) in [4.78, 5) is 28.3. The molecule has 1 atom stereocenters. The Hall–Kier alpha value is -2.66. The van der Waals surface area contributed by atoms with E-state index in [1.165, 1.54) is 4.90 Å². The second kappa shape index (κ2) is 9.33. The quantitative estimate of drug-likeness (QED) is 0.816. The van der Waals surface area contributed by atoms with Gasteiger partial charge in [-0.25, -0.2) is 0 Å². The molecule has 0 saturated heterocycles. The number of nitrogens with one attached hydrogen (secondary N) is 1. The van der Waals surface area contributed by atoms with Gasteiger partial charge in [-0.1, -0.05) is 42.5 Å². The number of anilines is 1. The minimum Gasteiger partial charge on any atom is -0.335 e. The minimum atomic E-state index is -0.196. The van der Waals surface area contributed by atoms with Crippen LogP contribution in [-0.4, -0.2) is 48.8 Å². The molecule has 0 aliphatic carbocycles. The molecule has 2 rings (SSSR count). The van der Waals surface area contributed by atoms with E-state index < -0.39 is 0 Å². The highest BCUT2D eigenvalue weighted by Gasteiger charge is 2.19. The van der Waals surface area contributed by atoms with Crippen LogP contribution in [0.25, 0.3) is 0 Å². The van der Waals surface area contributed by atoms with Gasteiger partial charge in [0.25, 0.3) is 0 Å². The fourth-order valence-corrected chi connectivity index (χ4v) is 2.82. The lowest BCUT2D eigenvalue weighted by Gasteiger charge is -2.27. The van der Waals surface area contributed by atoms with Crippen LogP contribution in [0.5, 0.6) is 0 Å². The molecule has 0 aromatic heterocycles. The Balaban J connectivity index is 1.89. The largest absolute Gasteiger partial charge is 0.335 e. The summed E-state index contributed by atoms with van der Waals surface area (Å²) in [6, 6.07) is 16.1. The summed E-state index contributed by atoms with van der Waals surface area (Å²) in [7, 11) is 3.58. The fourth-order valence-electron chi connectivity index (χ4n) is 2.82. The third kappa shape index (κ3) is 5.93. The Bertz CT molecular complexity index is 789. The Morgan fingerprint density at radius 1 is 1.00 bits per heavy atom. The summed E-state index contributed by atoms with van der Waals surface area (Å²) < 4.78 is 0. The molecule has 1 unspecified atom stereocenters. The minimum absolute atomic E-state index is 0.0276. The molecule has 0 saturated carbocycles. The van der Waals surface area contributed by atoms with E-state index >= 15 is 0 Å². The van der Waals surface area contributed by atoms with Gasteiger partial charge in [0.1, 0.15) is 0 Å². The van der Waals surface area contributed by atoms with Crippen LogP contribution in [0.15, 0.2) is 48.5 Å². The average Bonchev–Trinajstić information content (AvgIpc) is 2.64. The van der Waals surface area contributed by atoms with Crippen molar-refractivity contribution in [3.63, 3.8) is 0 Å². The van der Waals surface area contributed by atoms with Gasteiger partial charge in [-0.2, -0.15) is 0 Å². The third-order valence-corrected chi connectivity index (χ3v) is 4.80. The van der Waals surface area contributed by atoms with Crippen LogP contribution in [0.1, 0.15) is 29.7 Å². The zero-order chi connectivity index (χ0) is 20.0. The number of nitrogens with zero attached hydrogens (tertiary/aromatic N) is 2. The van der Waals surface area contributed by atoms with Crippen molar-refractivity contribution in [2.24, 2.45) is 0 Å². The second-order valence-electron chi connectivity index (χ2n) is 7.12. The van der Waals surface area contributed by atoms with Gasteiger partial charge in [0.15, 0.2) is 0 Å². The molecule has 27 heavy (non-hydrogen) atoms. The maximum absolute atomic E-state index is 12.5. The Morgan fingerprint density at radius 2 is 1.67 bits per heavy atom. The van der Waals surface area contributed by atoms with Crippen LogP contribution in [0.2, 0.25) is 0 Å².